The fraction of sp³-hybridized carbons (Fsp3) is 0.0667. The summed E-state index contributed by atoms with van der Waals surface area (Å²) in [5, 5.41) is 0. The van der Waals surface area contributed by atoms with Crippen LogP contribution in [-0.4, -0.2) is 16.2 Å². The molecule has 18 heavy (non-hydrogen) atoms. The second-order valence-electron chi connectivity index (χ2n) is 4.09. The molecule has 88 valence electrons. The molecule has 0 radical (unpaired) electrons. The first-order valence-corrected chi connectivity index (χ1v) is 5.90. The molecule has 0 spiro atoms. The van der Waals surface area contributed by atoms with Gasteiger partial charge in [-0.25, -0.2) is 4.98 Å². The fourth-order valence-electron chi connectivity index (χ4n) is 1.85. The van der Waals surface area contributed by atoms with E-state index in [1.165, 1.54) is 5.56 Å². The van der Waals surface area contributed by atoms with Crippen molar-refractivity contribution in [3.8, 4) is 0 Å². The Morgan fingerprint density at radius 1 is 1.00 bits per heavy atom. The third kappa shape index (κ3) is 2.30. The Bertz CT molecular complexity index is 635. The van der Waals surface area contributed by atoms with Crippen LogP contribution in [-0.2, 0) is 6.54 Å². The predicted octanol–water partition coefficient (Wildman–Crippen LogP) is 3.18. The Hall–Kier alpha value is -2.42. The lowest BCUT2D eigenvalue weighted by Crippen LogP contribution is -1.86. The lowest BCUT2D eigenvalue weighted by atomic mass is 10.2. The van der Waals surface area contributed by atoms with E-state index in [1.54, 1.807) is 6.21 Å². The van der Waals surface area contributed by atoms with Gasteiger partial charge in [0, 0.05) is 0 Å². The third-order valence-electron chi connectivity index (χ3n) is 2.74. The van der Waals surface area contributed by atoms with Gasteiger partial charge in [0.1, 0.15) is 5.82 Å². The number of para-hydroxylation sites is 2. The molecule has 0 amide bonds. The van der Waals surface area contributed by atoms with Crippen molar-refractivity contribution in [2.24, 2.45) is 4.99 Å². The molecule has 0 unspecified atom stereocenters. The number of aromatic amines is 1. The van der Waals surface area contributed by atoms with Crippen LogP contribution in [0.5, 0.6) is 0 Å². The van der Waals surface area contributed by atoms with Crippen LogP contribution >= 0.6 is 0 Å². The average Bonchev–Trinajstić information content (AvgIpc) is 2.82. The molecule has 3 rings (SSSR count). The number of rotatable bonds is 3. The molecule has 2 aromatic carbocycles. The van der Waals surface area contributed by atoms with Crippen LogP contribution in [0, 0.1) is 0 Å². The number of benzene rings is 2. The normalized spacial score (nSPS) is 11.3. The quantitative estimate of drug-likeness (QED) is 0.696. The Morgan fingerprint density at radius 3 is 2.61 bits per heavy atom. The van der Waals surface area contributed by atoms with E-state index >= 15 is 0 Å². The Balaban J connectivity index is 1.76. The standard InChI is InChI=1S/C15H13N3/c1-2-6-12(7-3-1)10-16-11-15-17-13-8-4-5-9-14(13)18-15/h1-9,11H,10H2,(H,17,18). The van der Waals surface area contributed by atoms with Crippen LogP contribution in [0.1, 0.15) is 11.4 Å². The number of nitrogens with zero attached hydrogens (tertiary/aromatic N) is 2. The molecular formula is C15H13N3. The third-order valence-corrected chi connectivity index (χ3v) is 2.74. The van der Waals surface area contributed by atoms with Crippen LogP contribution in [0.3, 0.4) is 0 Å². The van der Waals surface area contributed by atoms with Crippen molar-refractivity contribution in [3.63, 3.8) is 0 Å². The Labute approximate surface area is 105 Å². The number of aliphatic imine (C=N–C) groups is 1. The Morgan fingerprint density at radius 2 is 1.78 bits per heavy atom. The number of fused-ring (bicyclic) bond motifs is 1. The maximum atomic E-state index is 4.44. The number of hydrogen-bond donors (Lipinski definition) is 1. The first kappa shape index (κ1) is 10.7. The van der Waals surface area contributed by atoms with Gasteiger partial charge in [-0.15, -0.1) is 0 Å². The molecule has 1 heterocycles. The fourth-order valence-corrected chi connectivity index (χ4v) is 1.85. The molecule has 3 heteroatoms. The van der Waals surface area contributed by atoms with Gasteiger partial charge in [0.25, 0.3) is 0 Å². The summed E-state index contributed by atoms with van der Waals surface area (Å²) < 4.78 is 0. The smallest absolute Gasteiger partial charge is 0.149 e. The van der Waals surface area contributed by atoms with E-state index in [0.29, 0.717) is 6.54 Å². The van der Waals surface area contributed by atoms with Crippen LogP contribution in [0.4, 0.5) is 0 Å². The molecule has 0 saturated carbocycles. The van der Waals surface area contributed by atoms with Gasteiger partial charge < -0.3 is 4.98 Å². The van der Waals surface area contributed by atoms with Gasteiger partial charge in [0.2, 0.25) is 0 Å². The molecule has 3 nitrogen and oxygen atoms in total. The number of hydrogen-bond acceptors (Lipinski definition) is 2. The summed E-state index contributed by atoms with van der Waals surface area (Å²) in [7, 11) is 0. The van der Waals surface area contributed by atoms with E-state index in [0.717, 1.165) is 16.9 Å². The highest BCUT2D eigenvalue weighted by Gasteiger charge is 1.98. The number of aromatic nitrogens is 2. The molecule has 1 aromatic heterocycles. The minimum Gasteiger partial charge on any atom is -0.337 e. The van der Waals surface area contributed by atoms with Crippen molar-refractivity contribution in [1.29, 1.82) is 0 Å². The summed E-state index contributed by atoms with van der Waals surface area (Å²) in [6, 6.07) is 18.1. The van der Waals surface area contributed by atoms with Gasteiger partial charge in [0.15, 0.2) is 0 Å². The molecule has 0 atom stereocenters. The summed E-state index contributed by atoms with van der Waals surface area (Å²) >= 11 is 0. The second kappa shape index (κ2) is 4.84. The predicted molar refractivity (Wildman–Crippen MR) is 73.8 cm³/mol. The lowest BCUT2D eigenvalue weighted by Gasteiger charge is -1.93. The molecule has 0 aliphatic heterocycles. The van der Waals surface area contributed by atoms with Crippen molar-refractivity contribution in [2.45, 2.75) is 6.54 Å². The molecule has 0 bridgehead atoms. The highest BCUT2D eigenvalue weighted by molar-refractivity contribution is 5.83. The average molecular weight is 235 g/mol. The number of nitrogens with one attached hydrogen (secondary N) is 1. The summed E-state index contributed by atoms with van der Waals surface area (Å²) in [4.78, 5) is 12.0. The first-order chi connectivity index (χ1) is 8.92. The van der Waals surface area contributed by atoms with Gasteiger partial charge in [0.05, 0.1) is 23.8 Å². The zero-order valence-electron chi connectivity index (χ0n) is 9.88. The first-order valence-electron chi connectivity index (χ1n) is 5.90. The van der Waals surface area contributed by atoms with Crippen molar-refractivity contribution in [3.05, 3.63) is 66.0 Å². The molecule has 0 fully saturated rings. The zero-order chi connectivity index (χ0) is 12.2. The molecule has 3 aromatic rings. The van der Waals surface area contributed by atoms with E-state index < -0.39 is 0 Å². The molecular weight excluding hydrogens is 222 g/mol. The molecule has 0 saturated heterocycles. The van der Waals surface area contributed by atoms with E-state index in [2.05, 4.69) is 27.1 Å². The van der Waals surface area contributed by atoms with Crippen LogP contribution in [0.2, 0.25) is 0 Å². The van der Waals surface area contributed by atoms with Gasteiger partial charge >= 0.3 is 0 Å². The van der Waals surface area contributed by atoms with E-state index in [1.807, 2.05) is 42.5 Å². The summed E-state index contributed by atoms with van der Waals surface area (Å²) in [6.07, 6.45) is 1.78. The van der Waals surface area contributed by atoms with E-state index in [-0.39, 0.29) is 0 Å². The summed E-state index contributed by atoms with van der Waals surface area (Å²) in [5.74, 6) is 0.798. The van der Waals surface area contributed by atoms with Gasteiger partial charge in [-0.05, 0) is 17.7 Å². The van der Waals surface area contributed by atoms with Crippen LogP contribution in [0.25, 0.3) is 11.0 Å². The summed E-state index contributed by atoms with van der Waals surface area (Å²) in [5.41, 5.74) is 3.21. The van der Waals surface area contributed by atoms with Crippen molar-refractivity contribution < 1.29 is 0 Å². The maximum absolute atomic E-state index is 4.44. The van der Waals surface area contributed by atoms with Gasteiger partial charge in [-0.2, -0.15) is 0 Å². The second-order valence-corrected chi connectivity index (χ2v) is 4.09. The minimum atomic E-state index is 0.678. The van der Waals surface area contributed by atoms with Crippen LogP contribution < -0.4 is 0 Å². The van der Waals surface area contributed by atoms with Gasteiger partial charge in [-0.3, -0.25) is 4.99 Å². The van der Waals surface area contributed by atoms with Crippen molar-refractivity contribution in [1.82, 2.24) is 9.97 Å². The Kier molecular flexibility index (Phi) is 2.88. The van der Waals surface area contributed by atoms with E-state index in [4.69, 9.17) is 0 Å². The molecule has 1 N–H and O–H groups in total. The number of imidazole rings is 1. The maximum Gasteiger partial charge on any atom is 0.149 e. The zero-order valence-corrected chi connectivity index (χ0v) is 9.88. The summed E-state index contributed by atoms with van der Waals surface area (Å²) in [6.45, 7) is 0.678. The SMILES string of the molecule is C(=NCc1ccccc1)c1nc2ccccc2[nH]1. The largest absolute Gasteiger partial charge is 0.337 e. The van der Waals surface area contributed by atoms with Crippen molar-refractivity contribution >= 4 is 17.2 Å². The lowest BCUT2D eigenvalue weighted by molar-refractivity contribution is 1.07. The van der Waals surface area contributed by atoms with E-state index in [9.17, 15) is 0 Å². The number of H-pyrrole nitrogens is 1. The van der Waals surface area contributed by atoms with Gasteiger partial charge in [-0.1, -0.05) is 42.5 Å². The topological polar surface area (TPSA) is 41.0 Å². The highest BCUT2D eigenvalue weighted by Crippen LogP contribution is 2.09. The van der Waals surface area contributed by atoms with Crippen molar-refractivity contribution in [2.75, 3.05) is 0 Å². The minimum absolute atomic E-state index is 0.678. The van der Waals surface area contributed by atoms with Crippen LogP contribution in [0.15, 0.2) is 59.6 Å². The highest BCUT2D eigenvalue weighted by atomic mass is 14.9. The monoisotopic (exact) mass is 235 g/mol. The molecule has 0 aliphatic rings. The molecule has 0 aliphatic carbocycles.